The number of hydrogen-bond acceptors (Lipinski definition) is 5. The van der Waals surface area contributed by atoms with Crippen LogP contribution < -0.4 is 14.2 Å². The summed E-state index contributed by atoms with van der Waals surface area (Å²) in [5, 5.41) is 9.50. The average molecular weight is 323 g/mol. The molecule has 0 spiro atoms. The van der Waals surface area contributed by atoms with Crippen LogP contribution in [0.1, 0.15) is 5.56 Å². The molecule has 22 heavy (non-hydrogen) atoms. The predicted octanol–water partition coefficient (Wildman–Crippen LogP) is 2.52. The smallest absolute Gasteiger partial charge is 0.265 e. The Morgan fingerprint density at radius 3 is 2.36 bits per heavy atom. The highest BCUT2D eigenvalue weighted by Gasteiger charge is 2.21. The molecule has 6 nitrogen and oxygen atoms in total. The number of anilines is 1. The first-order chi connectivity index (χ1) is 10.4. The summed E-state index contributed by atoms with van der Waals surface area (Å²) in [6, 6.07) is 8.97. The number of methoxy groups -OCH3 is 2. The highest BCUT2D eigenvalue weighted by atomic mass is 32.2. The van der Waals surface area contributed by atoms with Crippen LogP contribution in [0.3, 0.4) is 0 Å². The molecule has 0 aromatic heterocycles. The summed E-state index contributed by atoms with van der Waals surface area (Å²) in [6.45, 7) is 1.68. The number of ether oxygens (including phenoxy) is 2. The third-order valence-corrected chi connectivity index (χ3v) is 4.51. The number of benzene rings is 2. The van der Waals surface area contributed by atoms with Crippen LogP contribution in [0.5, 0.6) is 17.2 Å². The Bertz CT molecular complexity index is 787. The first-order valence-corrected chi connectivity index (χ1v) is 7.90. The van der Waals surface area contributed by atoms with Crippen molar-refractivity contribution in [1.82, 2.24) is 0 Å². The van der Waals surface area contributed by atoms with Gasteiger partial charge in [-0.2, -0.15) is 0 Å². The number of aromatic hydroxyl groups is 1. The molecule has 0 amide bonds. The summed E-state index contributed by atoms with van der Waals surface area (Å²) in [7, 11) is -1.01. The minimum absolute atomic E-state index is 0.0277. The summed E-state index contributed by atoms with van der Waals surface area (Å²) in [6.07, 6.45) is 0. The second kappa shape index (κ2) is 6.15. The second-order valence-corrected chi connectivity index (χ2v) is 6.27. The molecule has 0 fully saturated rings. The van der Waals surface area contributed by atoms with E-state index in [-0.39, 0.29) is 16.4 Å². The third kappa shape index (κ3) is 3.25. The molecule has 2 rings (SSSR count). The molecule has 2 N–H and O–H groups in total. The first-order valence-electron chi connectivity index (χ1n) is 6.42. The van der Waals surface area contributed by atoms with E-state index in [0.29, 0.717) is 17.0 Å². The molecule has 0 bridgehead atoms. The van der Waals surface area contributed by atoms with Gasteiger partial charge in [0.1, 0.15) is 22.1 Å². The van der Waals surface area contributed by atoms with Crippen molar-refractivity contribution in [1.29, 1.82) is 0 Å². The zero-order valence-electron chi connectivity index (χ0n) is 12.5. The van der Waals surface area contributed by atoms with Crippen molar-refractivity contribution in [3.05, 3.63) is 42.0 Å². The molecule has 0 radical (unpaired) electrons. The van der Waals surface area contributed by atoms with Gasteiger partial charge in [0.15, 0.2) is 0 Å². The summed E-state index contributed by atoms with van der Waals surface area (Å²) < 4.78 is 37.7. The normalized spacial score (nSPS) is 11.0. The maximum Gasteiger partial charge on any atom is 0.265 e. The number of nitrogens with one attached hydrogen (secondary N) is 1. The Kier molecular flexibility index (Phi) is 4.46. The maximum atomic E-state index is 12.5. The molecule has 0 aliphatic carbocycles. The van der Waals surface area contributed by atoms with Gasteiger partial charge >= 0.3 is 0 Å². The fourth-order valence-corrected chi connectivity index (χ4v) is 3.16. The van der Waals surface area contributed by atoms with Gasteiger partial charge in [0.05, 0.1) is 14.2 Å². The standard InChI is InChI=1S/C15H17NO5S/c1-10-8-11(4-6-13(10)17)16-22(18,19)15-9-12(20-2)5-7-14(15)21-3/h4-9,16-17H,1-3H3. The van der Waals surface area contributed by atoms with E-state index in [1.54, 1.807) is 19.1 Å². The van der Waals surface area contributed by atoms with Crippen molar-refractivity contribution in [2.75, 3.05) is 18.9 Å². The summed E-state index contributed by atoms with van der Waals surface area (Å²) in [4.78, 5) is -0.0277. The molecule has 0 aliphatic rings. The molecular formula is C15H17NO5S. The van der Waals surface area contributed by atoms with E-state index in [9.17, 15) is 13.5 Å². The van der Waals surface area contributed by atoms with Crippen LogP contribution in [0, 0.1) is 6.92 Å². The average Bonchev–Trinajstić information content (AvgIpc) is 2.50. The zero-order chi connectivity index (χ0) is 16.3. The second-order valence-electron chi connectivity index (χ2n) is 4.62. The van der Waals surface area contributed by atoms with E-state index >= 15 is 0 Å². The van der Waals surface area contributed by atoms with Crippen molar-refractivity contribution in [3.8, 4) is 17.2 Å². The fourth-order valence-electron chi connectivity index (χ4n) is 1.92. The van der Waals surface area contributed by atoms with Gasteiger partial charge in [0, 0.05) is 11.8 Å². The van der Waals surface area contributed by atoms with E-state index < -0.39 is 10.0 Å². The van der Waals surface area contributed by atoms with Gasteiger partial charge in [-0.05, 0) is 42.8 Å². The van der Waals surface area contributed by atoms with Crippen LogP contribution in [0.25, 0.3) is 0 Å². The minimum Gasteiger partial charge on any atom is -0.508 e. The van der Waals surface area contributed by atoms with Gasteiger partial charge in [0.25, 0.3) is 10.0 Å². The summed E-state index contributed by atoms with van der Waals surface area (Å²) in [5.74, 6) is 0.716. The van der Waals surface area contributed by atoms with Gasteiger partial charge in [-0.1, -0.05) is 0 Å². The van der Waals surface area contributed by atoms with E-state index in [0.717, 1.165) is 0 Å². The van der Waals surface area contributed by atoms with Gasteiger partial charge < -0.3 is 14.6 Å². The molecule has 0 saturated carbocycles. The minimum atomic E-state index is -3.85. The van der Waals surface area contributed by atoms with Crippen molar-refractivity contribution in [2.45, 2.75) is 11.8 Å². The number of phenols is 1. The maximum absolute atomic E-state index is 12.5. The molecule has 2 aromatic carbocycles. The number of sulfonamides is 1. The zero-order valence-corrected chi connectivity index (χ0v) is 13.3. The molecule has 0 heterocycles. The Morgan fingerprint density at radius 2 is 1.77 bits per heavy atom. The highest BCUT2D eigenvalue weighted by molar-refractivity contribution is 7.92. The van der Waals surface area contributed by atoms with Gasteiger partial charge in [-0.25, -0.2) is 8.42 Å². The fraction of sp³-hybridized carbons (Fsp3) is 0.200. The predicted molar refractivity (Wildman–Crippen MR) is 83.2 cm³/mol. The number of aryl methyl sites for hydroxylation is 1. The molecular weight excluding hydrogens is 306 g/mol. The van der Waals surface area contributed by atoms with Crippen molar-refractivity contribution in [3.63, 3.8) is 0 Å². The van der Waals surface area contributed by atoms with Crippen molar-refractivity contribution < 1.29 is 23.0 Å². The van der Waals surface area contributed by atoms with E-state index in [2.05, 4.69) is 4.72 Å². The highest BCUT2D eigenvalue weighted by Crippen LogP contribution is 2.30. The lowest BCUT2D eigenvalue weighted by molar-refractivity contribution is 0.392. The molecule has 0 unspecified atom stereocenters. The summed E-state index contributed by atoms with van der Waals surface area (Å²) >= 11 is 0. The Labute approximate surface area is 129 Å². The van der Waals surface area contributed by atoms with Gasteiger partial charge in [-0.3, -0.25) is 4.72 Å². The monoisotopic (exact) mass is 323 g/mol. The van der Waals surface area contributed by atoms with E-state index in [1.165, 1.54) is 38.5 Å². The van der Waals surface area contributed by atoms with Crippen LogP contribution in [0.4, 0.5) is 5.69 Å². The van der Waals surface area contributed by atoms with Crippen LogP contribution in [-0.2, 0) is 10.0 Å². The van der Waals surface area contributed by atoms with Crippen molar-refractivity contribution in [2.24, 2.45) is 0 Å². The SMILES string of the molecule is COc1ccc(OC)c(S(=O)(=O)Nc2ccc(O)c(C)c2)c1. The Hall–Kier alpha value is -2.41. The Balaban J connectivity index is 2.43. The van der Waals surface area contributed by atoms with Crippen LogP contribution >= 0.6 is 0 Å². The molecule has 118 valence electrons. The molecule has 0 saturated heterocycles. The van der Waals surface area contributed by atoms with Gasteiger partial charge in [0.2, 0.25) is 0 Å². The van der Waals surface area contributed by atoms with Gasteiger partial charge in [-0.15, -0.1) is 0 Å². The lowest BCUT2D eigenvalue weighted by Crippen LogP contribution is -2.14. The third-order valence-electron chi connectivity index (χ3n) is 3.11. The molecule has 7 heteroatoms. The van der Waals surface area contributed by atoms with E-state index in [4.69, 9.17) is 9.47 Å². The molecule has 2 aromatic rings. The van der Waals surface area contributed by atoms with Crippen LogP contribution in [0.2, 0.25) is 0 Å². The van der Waals surface area contributed by atoms with Crippen molar-refractivity contribution >= 4 is 15.7 Å². The summed E-state index contributed by atoms with van der Waals surface area (Å²) in [5.41, 5.74) is 0.915. The molecule has 0 atom stereocenters. The molecule has 0 aliphatic heterocycles. The number of phenolic OH excluding ortho intramolecular Hbond substituents is 1. The number of rotatable bonds is 5. The topological polar surface area (TPSA) is 84.9 Å². The lowest BCUT2D eigenvalue weighted by Gasteiger charge is -2.13. The van der Waals surface area contributed by atoms with E-state index in [1.807, 2.05) is 0 Å². The lowest BCUT2D eigenvalue weighted by atomic mass is 10.2. The first kappa shape index (κ1) is 16.0. The Morgan fingerprint density at radius 1 is 1.05 bits per heavy atom. The van der Waals surface area contributed by atoms with Crippen LogP contribution in [0.15, 0.2) is 41.3 Å². The number of hydrogen-bond donors (Lipinski definition) is 2. The van der Waals surface area contributed by atoms with Crippen LogP contribution in [-0.4, -0.2) is 27.7 Å². The largest absolute Gasteiger partial charge is 0.508 e. The quantitative estimate of drug-likeness (QED) is 0.826.